The molecule has 2 atom stereocenters. The number of carbonyl (C=O) groups is 1. The van der Waals surface area contributed by atoms with E-state index in [9.17, 15) is 4.79 Å². The molecule has 1 aliphatic carbocycles. The van der Waals surface area contributed by atoms with Crippen LogP contribution < -0.4 is 0 Å². The quantitative estimate of drug-likeness (QED) is 0.697. The molecule has 0 heterocycles. The monoisotopic (exact) mass is 188 g/mol. The van der Waals surface area contributed by atoms with Crippen LogP contribution in [0.1, 0.15) is 25.3 Å². The van der Waals surface area contributed by atoms with Gasteiger partial charge in [-0.2, -0.15) is 0 Å². The van der Waals surface area contributed by atoms with Crippen LogP contribution in [0.2, 0.25) is 0 Å². The lowest BCUT2D eigenvalue weighted by Gasteiger charge is -2.07. The molecule has 2 rings (SSSR count). The second-order valence-corrected chi connectivity index (χ2v) is 4.27. The highest BCUT2D eigenvalue weighted by molar-refractivity contribution is 5.85. The van der Waals surface area contributed by atoms with Gasteiger partial charge in [-0.3, -0.25) is 4.79 Å². The number of benzene rings is 1. The summed E-state index contributed by atoms with van der Waals surface area (Å²) in [4.78, 5) is 11.7. The molecule has 1 nitrogen and oxygen atoms in total. The molecule has 0 saturated heterocycles. The van der Waals surface area contributed by atoms with Gasteiger partial charge in [0, 0.05) is 11.8 Å². The molecule has 0 radical (unpaired) electrons. The zero-order chi connectivity index (χ0) is 9.97. The second-order valence-electron chi connectivity index (χ2n) is 4.27. The number of hydrogen-bond acceptors (Lipinski definition) is 1. The molecule has 1 heteroatoms. The van der Waals surface area contributed by atoms with Crippen LogP contribution in [0.3, 0.4) is 0 Å². The predicted molar refractivity (Wildman–Crippen MR) is 57.0 cm³/mol. The summed E-state index contributed by atoms with van der Waals surface area (Å²) in [7, 11) is 0. The first-order valence-electron chi connectivity index (χ1n) is 5.35. The van der Waals surface area contributed by atoms with Crippen LogP contribution in [-0.2, 0) is 11.2 Å². The van der Waals surface area contributed by atoms with Crippen molar-refractivity contribution in [3.05, 3.63) is 35.9 Å². The highest BCUT2D eigenvalue weighted by Gasteiger charge is 2.30. The molecule has 14 heavy (non-hydrogen) atoms. The lowest BCUT2D eigenvalue weighted by Crippen LogP contribution is -2.13. The van der Waals surface area contributed by atoms with Crippen molar-refractivity contribution in [2.75, 3.05) is 0 Å². The SMILES string of the molecule is CC1CCC(Cc2ccccc2)C1=O. The minimum atomic E-state index is 0.285. The van der Waals surface area contributed by atoms with Crippen LogP contribution in [0, 0.1) is 11.8 Å². The largest absolute Gasteiger partial charge is 0.299 e. The highest BCUT2D eigenvalue weighted by Crippen LogP contribution is 2.29. The van der Waals surface area contributed by atoms with Gasteiger partial charge in [0.2, 0.25) is 0 Å². The molecule has 74 valence electrons. The molecule has 0 N–H and O–H groups in total. The fourth-order valence-corrected chi connectivity index (χ4v) is 2.24. The molecule has 2 unspecified atom stereocenters. The Hall–Kier alpha value is -1.11. The van der Waals surface area contributed by atoms with Crippen molar-refractivity contribution < 1.29 is 4.79 Å². The molecule has 0 aromatic heterocycles. The van der Waals surface area contributed by atoms with Gasteiger partial charge >= 0.3 is 0 Å². The molecule has 0 aliphatic heterocycles. The maximum atomic E-state index is 11.7. The van der Waals surface area contributed by atoms with E-state index in [1.807, 2.05) is 25.1 Å². The molecule has 0 bridgehead atoms. The standard InChI is InChI=1S/C13H16O/c1-10-7-8-12(13(10)14)9-11-5-3-2-4-6-11/h2-6,10,12H,7-9H2,1H3. The van der Waals surface area contributed by atoms with E-state index >= 15 is 0 Å². The van der Waals surface area contributed by atoms with Gasteiger partial charge in [-0.15, -0.1) is 0 Å². The fourth-order valence-electron chi connectivity index (χ4n) is 2.24. The first-order chi connectivity index (χ1) is 6.77. The van der Waals surface area contributed by atoms with Gasteiger partial charge in [0.25, 0.3) is 0 Å². The van der Waals surface area contributed by atoms with Crippen LogP contribution in [0.25, 0.3) is 0 Å². The summed E-state index contributed by atoms with van der Waals surface area (Å²) >= 11 is 0. The van der Waals surface area contributed by atoms with Crippen LogP contribution in [0.4, 0.5) is 0 Å². The third-order valence-corrected chi connectivity index (χ3v) is 3.16. The Labute approximate surface area is 85.1 Å². The summed E-state index contributed by atoms with van der Waals surface area (Å²) in [6.45, 7) is 2.05. The van der Waals surface area contributed by atoms with E-state index in [0.717, 1.165) is 19.3 Å². The third kappa shape index (κ3) is 1.87. The summed E-state index contributed by atoms with van der Waals surface area (Å²) in [6, 6.07) is 10.3. The van der Waals surface area contributed by atoms with Crippen molar-refractivity contribution in [2.45, 2.75) is 26.2 Å². The Morgan fingerprint density at radius 2 is 1.93 bits per heavy atom. The maximum Gasteiger partial charge on any atom is 0.139 e. The summed E-state index contributed by atoms with van der Waals surface area (Å²) in [5.41, 5.74) is 1.29. The number of hydrogen-bond donors (Lipinski definition) is 0. The van der Waals surface area contributed by atoms with E-state index in [1.165, 1.54) is 5.56 Å². The van der Waals surface area contributed by atoms with Crippen molar-refractivity contribution in [3.63, 3.8) is 0 Å². The molecule has 0 amide bonds. The first kappa shape index (κ1) is 9.45. The summed E-state index contributed by atoms with van der Waals surface area (Å²) < 4.78 is 0. The van der Waals surface area contributed by atoms with Gasteiger partial charge < -0.3 is 0 Å². The lowest BCUT2D eigenvalue weighted by atomic mass is 9.96. The van der Waals surface area contributed by atoms with E-state index < -0.39 is 0 Å². The van der Waals surface area contributed by atoms with Gasteiger partial charge in [-0.25, -0.2) is 0 Å². The number of Topliss-reactive ketones (excluding diaryl/α,β-unsaturated/α-hetero) is 1. The zero-order valence-corrected chi connectivity index (χ0v) is 8.57. The Kier molecular flexibility index (Phi) is 2.67. The fraction of sp³-hybridized carbons (Fsp3) is 0.462. The van der Waals surface area contributed by atoms with Gasteiger partial charge in [-0.05, 0) is 24.8 Å². The minimum absolute atomic E-state index is 0.285. The molecule has 0 spiro atoms. The van der Waals surface area contributed by atoms with Gasteiger partial charge in [-0.1, -0.05) is 37.3 Å². The highest BCUT2D eigenvalue weighted by atomic mass is 16.1. The van der Waals surface area contributed by atoms with Crippen molar-refractivity contribution in [1.29, 1.82) is 0 Å². The Bertz CT molecular complexity index is 315. The van der Waals surface area contributed by atoms with Crippen LogP contribution in [0.15, 0.2) is 30.3 Å². The van der Waals surface area contributed by atoms with E-state index in [0.29, 0.717) is 11.7 Å². The van der Waals surface area contributed by atoms with E-state index in [2.05, 4.69) is 12.1 Å². The van der Waals surface area contributed by atoms with Gasteiger partial charge in [0.05, 0.1) is 0 Å². The molecule has 1 aromatic carbocycles. The number of ketones is 1. The smallest absolute Gasteiger partial charge is 0.139 e. The molecule has 1 aliphatic rings. The molecule has 1 aromatic rings. The number of carbonyl (C=O) groups excluding carboxylic acids is 1. The zero-order valence-electron chi connectivity index (χ0n) is 8.57. The van der Waals surface area contributed by atoms with E-state index in [4.69, 9.17) is 0 Å². The maximum absolute atomic E-state index is 11.7. The minimum Gasteiger partial charge on any atom is -0.299 e. The Morgan fingerprint density at radius 1 is 1.21 bits per heavy atom. The predicted octanol–water partition coefficient (Wildman–Crippen LogP) is 2.84. The van der Waals surface area contributed by atoms with Crippen molar-refractivity contribution in [2.24, 2.45) is 11.8 Å². The second kappa shape index (κ2) is 3.95. The molecular weight excluding hydrogens is 172 g/mol. The summed E-state index contributed by atoms with van der Waals surface area (Å²) in [5.74, 6) is 1.05. The average molecular weight is 188 g/mol. The summed E-state index contributed by atoms with van der Waals surface area (Å²) in [5, 5.41) is 0. The van der Waals surface area contributed by atoms with Crippen LogP contribution >= 0.6 is 0 Å². The van der Waals surface area contributed by atoms with Crippen molar-refractivity contribution in [3.8, 4) is 0 Å². The first-order valence-corrected chi connectivity index (χ1v) is 5.35. The van der Waals surface area contributed by atoms with Crippen molar-refractivity contribution >= 4 is 5.78 Å². The molecule has 1 saturated carbocycles. The summed E-state index contributed by atoms with van der Waals surface area (Å²) in [6.07, 6.45) is 3.09. The topological polar surface area (TPSA) is 17.1 Å². The molecule has 1 fully saturated rings. The van der Waals surface area contributed by atoms with Gasteiger partial charge in [0.15, 0.2) is 0 Å². The van der Waals surface area contributed by atoms with Crippen LogP contribution in [-0.4, -0.2) is 5.78 Å². The van der Waals surface area contributed by atoms with E-state index in [-0.39, 0.29) is 5.92 Å². The van der Waals surface area contributed by atoms with Crippen molar-refractivity contribution in [1.82, 2.24) is 0 Å². The lowest BCUT2D eigenvalue weighted by molar-refractivity contribution is -0.123. The average Bonchev–Trinajstić information content (AvgIpc) is 2.52. The van der Waals surface area contributed by atoms with Gasteiger partial charge in [0.1, 0.15) is 5.78 Å². The Balaban J connectivity index is 2.02. The van der Waals surface area contributed by atoms with E-state index in [1.54, 1.807) is 0 Å². The third-order valence-electron chi connectivity index (χ3n) is 3.16. The molecular formula is C13H16O. The number of rotatable bonds is 2. The van der Waals surface area contributed by atoms with Crippen LogP contribution in [0.5, 0.6) is 0 Å². The normalized spacial score (nSPS) is 26.8. The Morgan fingerprint density at radius 3 is 2.50 bits per heavy atom.